The van der Waals surface area contributed by atoms with Crippen LogP contribution in [0.2, 0.25) is 0 Å². The summed E-state index contributed by atoms with van der Waals surface area (Å²) in [7, 11) is 4.68. The predicted molar refractivity (Wildman–Crippen MR) is 111 cm³/mol. The molecule has 0 unspecified atom stereocenters. The van der Waals surface area contributed by atoms with Crippen molar-refractivity contribution in [3.8, 4) is 40.2 Å². The Morgan fingerprint density at radius 3 is 2.33 bits per heavy atom. The zero-order chi connectivity index (χ0) is 20.9. The molecule has 0 fully saturated rings. The van der Waals surface area contributed by atoms with Crippen molar-refractivity contribution in [3.05, 3.63) is 36.2 Å². The van der Waals surface area contributed by atoms with Crippen molar-refractivity contribution in [1.82, 2.24) is 10.2 Å². The highest BCUT2D eigenvalue weighted by atomic mass is 32.2. The molecule has 0 aliphatic carbocycles. The molecule has 0 radical (unpaired) electrons. The maximum atomic E-state index is 5.85. The Bertz CT molecular complexity index is 997. The quantitative estimate of drug-likeness (QED) is 0.512. The molecule has 30 heavy (non-hydrogen) atoms. The van der Waals surface area contributed by atoms with E-state index in [1.54, 1.807) is 45.2 Å². The Balaban J connectivity index is 1.49. The summed E-state index contributed by atoms with van der Waals surface area (Å²) >= 11 is 1.58. The van der Waals surface area contributed by atoms with E-state index in [2.05, 4.69) is 10.2 Å². The SMILES string of the molecule is COc1cc(-c2nnc(CSc3ccc4c(c3)OCCCO4)o2)cc(OC)c1OC. The Morgan fingerprint density at radius 1 is 0.900 bits per heavy atom. The van der Waals surface area contributed by atoms with Crippen molar-refractivity contribution in [1.29, 1.82) is 0 Å². The molecule has 0 spiro atoms. The van der Waals surface area contributed by atoms with Gasteiger partial charge < -0.3 is 28.1 Å². The van der Waals surface area contributed by atoms with Crippen LogP contribution < -0.4 is 23.7 Å². The summed E-state index contributed by atoms with van der Waals surface area (Å²) < 4.78 is 33.4. The van der Waals surface area contributed by atoms with Crippen molar-refractivity contribution < 1.29 is 28.1 Å². The van der Waals surface area contributed by atoms with Crippen molar-refractivity contribution in [2.45, 2.75) is 17.1 Å². The minimum atomic E-state index is 0.378. The lowest BCUT2D eigenvalue weighted by molar-refractivity contribution is 0.297. The molecule has 1 aliphatic heterocycles. The van der Waals surface area contributed by atoms with E-state index in [1.807, 2.05) is 18.2 Å². The van der Waals surface area contributed by atoms with Crippen LogP contribution in [0.15, 0.2) is 39.6 Å². The van der Waals surface area contributed by atoms with E-state index in [-0.39, 0.29) is 0 Å². The number of nitrogens with zero attached hydrogens (tertiary/aromatic N) is 2. The van der Waals surface area contributed by atoms with Gasteiger partial charge in [0.1, 0.15) is 0 Å². The number of rotatable bonds is 7. The van der Waals surface area contributed by atoms with Crippen LogP contribution in [-0.4, -0.2) is 44.7 Å². The molecule has 0 saturated heterocycles. The number of aromatic nitrogens is 2. The van der Waals surface area contributed by atoms with Gasteiger partial charge in [0.15, 0.2) is 23.0 Å². The highest BCUT2D eigenvalue weighted by Crippen LogP contribution is 2.41. The van der Waals surface area contributed by atoms with E-state index < -0.39 is 0 Å². The van der Waals surface area contributed by atoms with E-state index in [0.717, 1.165) is 22.8 Å². The second-order valence-electron chi connectivity index (χ2n) is 6.36. The fraction of sp³-hybridized carbons (Fsp3) is 0.333. The molecule has 0 atom stereocenters. The number of benzene rings is 2. The molecule has 3 aromatic rings. The molecule has 8 nitrogen and oxygen atoms in total. The van der Waals surface area contributed by atoms with E-state index in [0.29, 0.717) is 53.6 Å². The van der Waals surface area contributed by atoms with Gasteiger partial charge in [-0.1, -0.05) is 0 Å². The van der Waals surface area contributed by atoms with Crippen LogP contribution in [0.3, 0.4) is 0 Å². The van der Waals surface area contributed by atoms with Gasteiger partial charge in [0, 0.05) is 16.9 Å². The minimum absolute atomic E-state index is 0.378. The number of ether oxygens (including phenoxy) is 5. The van der Waals surface area contributed by atoms with Crippen LogP contribution in [0.25, 0.3) is 11.5 Å². The van der Waals surface area contributed by atoms with Crippen molar-refractivity contribution in [2.75, 3.05) is 34.5 Å². The summed E-state index contributed by atoms with van der Waals surface area (Å²) in [5.41, 5.74) is 0.684. The summed E-state index contributed by atoms with van der Waals surface area (Å²) in [6, 6.07) is 9.44. The van der Waals surface area contributed by atoms with Crippen molar-refractivity contribution >= 4 is 11.8 Å². The zero-order valence-electron chi connectivity index (χ0n) is 17.0. The smallest absolute Gasteiger partial charge is 0.248 e. The summed E-state index contributed by atoms with van der Waals surface area (Å²) in [6.07, 6.45) is 0.878. The lowest BCUT2D eigenvalue weighted by atomic mass is 10.2. The molecule has 0 bridgehead atoms. The Kier molecular flexibility index (Phi) is 6.18. The topological polar surface area (TPSA) is 85.1 Å². The second-order valence-corrected chi connectivity index (χ2v) is 7.41. The monoisotopic (exact) mass is 430 g/mol. The third kappa shape index (κ3) is 4.25. The molecule has 4 rings (SSSR count). The number of thioether (sulfide) groups is 1. The first kappa shape index (κ1) is 20.2. The molecule has 2 heterocycles. The summed E-state index contributed by atoms with van der Waals surface area (Å²) in [5.74, 6) is 4.51. The molecule has 9 heteroatoms. The van der Waals surface area contributed by atoms with E-state index >= 15 is 0 Å². The van der Waals surface area contributed by atoms with Gasteiger partial charge in [-0.05, 0) is 30.3 Å². The third-order valence-electron chi connectivity index (χ3n) is 4.46. The van der Waals surface area contributed by atoms with Crippen molar-refractivity contribution in [3.63, 3.8) is 0 Å². The average molecular weight is 430 g/mol. The fourth-order valence-electron chi connectivity index (χ4n) is 3.01. The summed E-state index contributed by atoms with van der Waals surface area (Å²) in [5, 5.41) is 8.32. The largest absolute Gasteiger partial charge is 0.493 e. The van der Waals surface area contributed by atoms with E-state index in [1.165, 1.54) is 0 Å². The van der Waals surface area contributed by atoms with Crippen molar-refractivity contribution in [2.24, 2.45) is 0 Å². The van der Waals surface area contributed by atoms with Crippen LogP contribution in [0.1, 0.15) is 12.3 Å². The minimum Gasteiger partial charge on any atom is -0.493 e. The molecular formula is C21H22N2O6S. The number of hydrogen-bond donors (Lipinski definition) is 0. The van der Waals surface area contributed by atoms with E-state index in [4.69, 9.17) is 28.1 Å². The van der Waals surface area contributed by atoms with Gasteiger partial charge in [0.05, 0.1) is 40.3 Å². The Hall–Kier alpha value is -3.07. The van der Waals surface area contributed by atoms with Crippen LogP contribution in [0.5, 0.6) is 28.7 Å². The first-order valence-electron chi connectivity index (χ1n) is 9.37. The molecule has 1 aromatic heterocycles. The normalized spacial score (nSPS) is 12.9. The predicted octanol–water partition coefficient (Wildman–Crippen LogP) is 4.22. The van der Waals surface area contributed by atoms with Crippen LogP contribution in [0.4, 0.5) is 0 Å². The molecule has 1 aliphatic rings. The number of methoxy groups -OCH3 is 3. The summed E-state index contributed by atoms with van der Waals surface area (Å²) in [4.78, 5) is 1.03. The number of fused-ring (bicyclic) bond motifs is 1. The highest BCUT2D eigenvalue weighted by molar-refractivity contribution is 7.98. The van der Waals surface area contributed by atoms with Crippen LogP contribution >= 0.6 is 11.8 Å². The van der Waals surface area contributed by atoms with Crippen LogP contribution in [0, 0.1) is 0 Å². The van der Waals surface area contributed by atoms with Crippen LogP contribution in [-0.2, 0) is 5.75 Å². The molecular weight excluding hydrogens is 408 g/mol. The molecule has 0 N–H and O–H groups in total. The summed E-state index contributed by atoms with van der Waals surface area (Å²) in [6.45, 7) is 1.33. The van der Waals surface area contributed by atoms with Gasteiger partial charge >= 0.3 is 0 Å². The lowest BCUT2D eigenvalue weighted by Crippen LogP contribution is -1.97. The maximum Gasteiger partial charge on any atom is 0.248 e. The standard InChI is InChI=1S/C21H22N2O6S/c1-24-17-9-13(10-18(25-2)20(17)26-3)21-23-22-19(29-21)12-30-14-5-6-15-16(11-14)28-8-4-7-27-15/h5-6,9-11H,4,7-8,12H2,1-3H3. The average Bonchev–Trinajstić information content (AvgIpc) is 3.14. The Labute approximate surface area is 178 Å². The highest BCUT2D eigenvalue weighted by Gasteiger charge is 2.18. The molecule has 2 aromatic carbocycles. The van der Waals surface area contributed by atoms with Gasteiger partial charge in [0.25, 0.3) is 0 Å². The molecule has 0 amide bonds. The van der Waals surface area contributed by atoms with Gasteiger partial charge in [0.2, 0.25) is 17.5 Å². The maximum absolute atomic E-state index is 5.85. The van der Waals surface area contributed by atoms with Gasteiger partial charge in [-0.2, -0.15) is 0 Å². The lowest BCUT2D eigenvalue weighted by Gasteiger charge is -2.12. The third-order valence-corrected chi connectivity index (χ3v) is 5.44. The second kappa shape index (κ2) is 9.17. The van der Waals surface area contributed by atoms with Gasteiger partial charge in [-0.25, -0.2) is 0 Å². The zero-order valence-corrected chi connectivity index (χ0v) is 17.8. The Morgan fingerprint density at radius 2 is 1.63 bits per heavy atom. The van der Waals surface area contributed by atoms with Gasteiger partial charge in [-0.15, -0.1) is 22.0 Å². The van der Waals surface area contributed by atoms with E-state index in [9.17, 15) is 0 Å². The van der Waals surface area contributed by atoms with Gasteiger partial charge in [-0.3, -0.25) is 0 Å². The molecule has 158 valence electrons. The number of hydrogen-bond acceptors (Lipinski definition) is 9. The fourth-order valence-corrected chi connectivity index (χ4v) is 3.77. The first-order chi connectivity index (χ1) is 14.7. The first-order valence-corrected chi connectivity index (χ1v) is 10.4. The molecule has 0 saturated carbocycles.